The molecule has 5 nitrogen and oxygen atoms in total. The van der Waals surface area contributed by atoms with Crippen molar-refractivity contribution < 1.29 is 4.79 Å². The van der Waals surface area contributed by atoms with E-state index in [1.54, 1.807) is 12.4 Å². The number of carbonyl (C=O) groups is 1. The van der Waals surface area contributed by atoms with Crippen LogP contribution >= 0.6 is 0 Å². The predicted octanol–water partition coefficient (Wildman–Crippen LogP) is 2.38. The third-order valence-corrected chi connectivity index (χ3v) is 3.68. The molecule has 1 aliphatic rings. The zero-order valence-corrected chi connectivity index (χ0v) is 12.6. The van der Waals surface area contributed by atoms with Crippen molar-refractivity contribution in [3.05, 3.63) is 18.1 Å². The fraction of sp³-hybridized carbons (Fsp3) is 0.667. The highest BCUT2D eigenvalue weighted by Crippen LogP contribution is 2.24. The van der Waals surface area contributed by atoms with Crippen LogP contribution in [0.5, 0.6) is 0 Å². The Morgan fingerprint density at radius 2 is 2.20 bits per heavy atom. The fourth-order valence-corrected chi connectivity index (χ4v) is 2.65. The first-order valence-electron chi connectivity index (χ1n) is 7.51. The van der Waals surface area contributed by atoms with E-state index in [9.17, 15) is 4.79 Å². The number of hydrogen-bond donors (Lipinski definition) is 1. The first kappa shape index (κ1) is 14.8. The van der Waals surface area contributed by atoms with Crippen LogP contribution in [-0.2, 0) is 0 Å². The van der Waals surface area contributed by atoms with E-state index in [1.165, 1.54) is 19.3 Å². The molecule has 1 fully saturated rings. The van der Waals surface area contributed by atoms with Crippen LogP contribution in [-0.4, -0.2) is 34.5 Å². The van der Waals surface area contributed by atoms with Crippen LogP contribution in [0.2, 0.25) is 0 Å². The van der Waals surface area contributed by atoms with E-state index in [2.05, 4.69) is 27.1 Å². The maximum Gasteiger partial charge on any atom is 0.271 e. The molecule has 1 saturated heterocycles. The van der Waals surface area contributed by atoms with Gasteiger partial charge in [0.2, 0.25) is 0 Å². The maximum atomic E-state index is 11.8. The molecule has 0 bridgehead atoms. The Kier molecular flexibility index (Phi) is 4.93. The average Bonchev–Trinajstić information content (AvgIpc) is 2.46. The molecule has 1 aromatic rings. The Bertz CT molecular complexity index is 444. The number of amides is 1. The predicted molar refractivity (Wildman–Crippen MR) is 79.9 cm³/mol. The highest BCUT2D eigenvalue weighted by atomic mass is 16.1. The summed E-state index contributed by atoms with van der Waals surface area (Å²) in [5, 5.41) is 2.82. The van der Waals surface area contributed by atoms with E-state index in [-0.39, 0.29) is 11.9 Å². The van der Waals surface area contributed by atoms with Crippen LogP contribution in [0.25, 0.3) is 0 Å². The van der Waals surface area contributed by atoms with Crippen molar-refractivity contribution in [3.8, 4) is 0 Å². The molecule has 1 N–H and O–H groups in total. The SMILES string of the molecule is CCC1CCCCN1c1cnc(C(=O)NC(C)C)cn1. The second-order valence-electron chi connectivity index (χ2n) is 5.64. The molecular formula is C15H24N4O. The molecule has 0 saturated carbocycles. The molecule has 2 heterocycles. The molecule has 110 valence electrons. The summed E-state index contributed by atoms with van der Waals surface area (Å²) in [5.41, 5.74) is 0.382. The van der Waals surface area contributed by atoms with Gasteiger partial charge in [-0.05, 0) is 39.5 Å². The van der Waals surface area contributed by atoms with Crippen molar-refractivity contribution in [2.75, 3.05) is 11.4 Å². The van der Waals surface area contributed by atoms with E-state index >= 15 is 0 Å². The van der Waals surface area contributed by atoms with Gasteiger partial charge in [0, 0.05) is 18.6 Å². The Hall–Kier alpha value is -1.65. The highest BCUT2D eigenvalue weighted by Gasteiger charge is 2.22. The molecule has 1 unspecified atom stereocenters. The smallest absolute Gasteiger partial charge is 0.271 e. The first-order chi connectivity index (χ1) is 9.61. The number of aromatic nitrogens is 2. The van der Waals surface area contributed by atoms with Gasteiger partial charge in [-0.15, -0.1) is 0 Å². The van der Waals surface area contributed by atoms with Crippen LogP contribution in [0.3, 0.4) is 0 Å². The van der Waals surface area contributed by atoms with E-state index < -0.39 is 0 Å². The monoisotopic (exact) mass is 276 g/mol. The number of piperidine rings is 1. The molecule has 0 spiro atoms. The van der Waals surface area contributed by atoms with Crippen LogP contribution in [0, 0.1) is 0 Å². The largest absolute Gasteiger partial charge is 0.352 e. The lowest BCUT2D eigenvalue weighted by Crippen LogP contribution is -2.39. The highest BCUT2D eigenvalue weighted by molar-refractivity contribution is 5.92. The Morgan fingerprint density at radius 1 is 1.40 bits per heavy atom. The molecular weight excluding hydrogens is 252 g/mol. The minimum absolute atomic E-state index is 0.107. The minimum Gasteiger partial charge on any atom is -0.352 e. The molecule has 5 heteroatoms. The molecule has 1 aliphatic heterocycles. The molecule has 0 aromatic carbocycles. The van der Waals surface area contributed by atoms with E-state index in [4.69, 9.17) is 0 Å². The zero-order valence-electron chi connectivity index (χ0n) is 12.6. The standard InChI is InChI=1S/C15H24N4O/c1-4-12-7-5-6-8-19(12)14-10-16-13(9-17-14)15(20)18-11(2)3/h9-12H,4-8H2,1-3H3,(H,18,20). The number of hydrogen-bond acceptors (Lipinski definition) is 4. The van der Waals surface area contributed by atoms with Gasteiger partial charge in [0.05, 0.1) is 12.4 Å². The minimum atomic E-state index is -0.162. The van der Waals surface area contributed by atoms with Gasteiger partial charge in [0.1, 0.15) is 11.5 Å². The summed E-state index contributed by atoms with van der Waals surface area (Å²) in [5.74, 6) is 0.724. The lowest BCUT2D eigenvalue weighted by atomic mass is 10.0. The molecule has 1 atom stereocenters. The average molecular weight is 276 g/mol. The molecule has 2 rings (SSSR count). The summed E-state index contributed by atoms with van der Waals surface area (Å²) in [7, 11) is 0. The molecule has 1 aromatic heterocycles. The van der Waals surface area contributed by atoms with Gasteiger partial charge in [0.15, 0.2) is 0 Å². The normalized spacial score (nSPS) is 19.2. The Labute approximate surface area is 120 Å². The van der Waals surface area contributed by atoms with Crippen LogP contribution < -0.4 is 10.2 Å². The van der Waals surface area contributed by atoms with Crippen molar-refractivity contribution in [3.63, 3.8) is 0 Å². The van der Waals surface area contributed by atoms with Gasteiger partial charge >= 0.3 is 0 Å². The first-order valence-corrected chi connectivity index (χ1v) is 7.51. The summed E-state index contributed by atoms with van der Waals surface area (Å²) in [6, 6.07) is 0.656. The van der Waals surface area contributed by atoms with Gasteiger partial charge in [-0.25, -0.2) is 9.97 Å². The van der Waals surface area contributed by atoms with Crippen molar-refractivity contribution in [1.82, 2.24) is 15.3 Å². The topological polar surface area (TPSA) is 58.1 Å². The number of nitrogens with one attached hydrogen (secondary N) is 1. The van der Waals surface area contributed by atoms with Gasteiger partial charge in [-0.2, -0.15) is 0 Å². The van der Waals surface area contributed by atoms with Gasteiger partial charge in [0.25, 0.3) is 5.91 Å². The summed E-state index contributed by atoms with van der Waals surface area (Å²) in [4.78, 5) is 22.8. The quantitative estimate of drug-likeness (QED) is 0.917. The van der Waals surface area contributed by atoms with E-state index in [0.717, 1.165) is 18.8 Å². The fourth-order valence-electron chi connectivity index (χ4n) is 2.65. The number of carbonyl (C=O) groups excluding carboxylic acids is 1. The third kappa shape index (κ3) is 3.46. The van der Waals surface area contributed by atoms with Crippen LogP contribution in [0.4, 0.5) is 5.82 Å². The van der Waals surface area contributed by atoms with Crippen molar-refractivity contribution in [1.29, 1.82) is 0 Å². The van der Waals surface area contributed by atoms with Gasteiger partial charge in [-0.3, -0.25) is 4.79 Å². The summed E-state index contributed by atoms with van der Waals surface area (Å²) < 4.78 is 0. The van der Waals surface area contributed by atoms with Crippen molar-refractivity contribution in [2.45, 2.75) is 58.5 Å². The van der Waals surface area contributed by atoms with Gasteiger partial charge < -0.3 is 10.2 Å². The van der Waals surface area contributed by atoms with E-state index in [1.807, 2.05) is 13.8 Å². The third-order valence-electron chi connectivity index (χ3n) is 3.68. The van der Waals surface area contributed by atoms with Crippen molar-refractivity contribution >= 4 is 11.7 Å². The van der Waals surface area contributed by atoms with Crippen molar-refractivity contribution in [2.24, 2.45) is 0 Å². The lowest BCUT2D eigenvalue weighted by Gasteiger charge is -2.35. The number of anilines is 1. The van der Waals surface area contributed by atoms with Gasteiger partial charge in [-0.1, -0.05) is 6.92 Å². The summed E-state index contributed by atoms with van der Waals surface area (Å²) in [6.45, 7) is 7.10. The Balaban J connectivity index is 2.09. The zero-order chi connectivity index (χ0) is 14.5. The summed E-state index contributed by atoms with van der Waals surface area (Å²) in [6.07, 6.45) is 8.13. The van der Waals surface area contributed by atoms with Crippen LogP contribution in [0.15, 0.2) is 12.4 Å². The summed E-state index contributed by atoms with van der Waals surface area (Å²) >= 11 is 0. The maximum absolute atomic E-state index is 11.8. The molecule has 0 radical (unpaired) electrons. The van der Waals surface area contributed by atoms with Crippen LogP contribution in [0.1, 0.15) is 56.9 Å². The second-order valence-corrected chi connectivity index (χ2v) is 5.64. The number of nitrogens with zero attached hydrogens (tertiary/aromatic N) is 3. The second kappa shape index (κ2) is 6.68. The number of rotatable bonds is 4. The molecule has 20 heavy (non-hydrogen) atoms. The van der Waals surface area contributed by atoms with E-state index in [0.29, 0.717) is 11.7 Å². The molecule has 0 aliphatic carbocycles. The Morgan fingerprint density at radius 3 is 2.80 bits per heavy atom. The lowest BCUT2D eigenvalue weighted by molar-refractivity contribution is 0.0937. The molecule has 1 amide bonds.